The molecular weight excluding hydrogens is 460 g/mol. The first-order valence-electron chi connectivity index (χ1n) is 12.1. The molecule has 0 fully saturated rings. The van der Waals surface area contributed by atoms with Gasteiger partial charge in [0.15, 0.2) is 0 Å². The van der Waals surface area contributed by atoms with E-state index in [-0.39, 0.29) is 35.3 Å². The SMILES string of the molecule is CCCn1c(=O)c2ccc(C(=O)NC(C)CC)cc2n2c(=O)n(CC(=O)Nc3ccc(C)cc3)nc12. The summed E-state index contributed by atoms with van der Waals surface area (Å²) in [5.41, 5.74) is 1.38. The van der Waals surface area contributed by atoms with Crippen molar-refractivity contribution in [3.63, 3.8) is 0 Å². The van der Waals surface area contributed by atoms with E-state index in [1.54, 1.807) is 24.3 Å². The van der Waals surface area contributed by atoms with Crippen molar-refractivity contribution < 1.29 is 9.59 Å². The van der Waals surface area contributed by atoms with Crippen LogP contribution in [0, 0.1) is 6.92 Å². The Balaban J connectivity index is 1.81. The molecule has 36 heavy (non-hydrogen) atoms. The molecule has 2 heterocycles. The molecule has 0 bridgehead atoms. The van der Waals surface area contributed by atoms with Crippen LogP contribution in [0.4, 0.5) is 5.69 Å². The molecule has 0 saturated heterocycles. The summed E-state index contributed by atoms with van der Waals surface area (Å²) in [5.74, 6) is -0.594. The van der Waals surface area contributed by atoms with Crippen molar-refractivity contribution in [1.82, 2.24) is 24.1 Å². The van der Waals surface area contributed by atoms with E-state index in [0.717, 1.165) is 16.7 Å². The number of amides is 2. The zero-order chi connectivity index (χ0) is 26.0. The molecule has 188 valence electrons. The minimum atomic E-state index is -0.571. The van der Waals surface area contributed by atoms with Gasteiger partial charge < -0.3 is 10.6 Å². The molecule has 0 spiro atoms. The van der Waals surface area contributed by atoms with Crippen LogP contribution < -0.4 is 21.9 Å². The van der Waals surface area contributed by atoms with Gasteiger partial charge in [-0.15, -0.1) is 5.10 Å². The third kappa shape index (κ3) is 4.79. The topological polar surface area (TPSA) is 120 Å². The summed E-state index contributed by atoms with van der Waals surface area (Å²) in [6.07, 6.45) is 1.41. The van der Waals surface area contributed by atoms with E-state index in [4.69, 9.17) is 0 Å². The molecule has 4 aromatic rings. The number of benzene rings is 2. The lowest BCUT2D eigenvalue weighted by atomic mass is 10.1. The number of rotatable bonds is 8. The first-order valence-corrected chi connectivity index (χ1v) is 12.1. The summed E-state index contributed by atoms with van der Waals surface area (Å²) in [4.78, 5) is 52.1. The number of fused-ring (bicyclic) bond motifs is 3. The van der Waals surface area contributed by atoms with Gasteiger partial charge in [0.25, 0.3) is 11.5 Å². The molecule has 0 aliphatic rings. The lowest BCUT2D eigenvalue weighted by Crippen LogP contribution is -2.32. The summed E-state index contributed by atoms with van der Waals surface area (Å²) in [6, 6.07) is 11.9. The predicted molar refractivity (Wildman–Crippen MR) is 139 cm³/mol. The second-order valence-electron chi connectivity index (χ2n) is 8.96. The maximum atomic E-state index is 13.4. The number of hydrogen-bond acceptors (Lipinski definition) is 5. The third-order valence-electron chi connectivity index (χ3n) is 6.11. The Morgan fingerprint density at radius 2 is 1.78 bits per heavy atom. The van der Waals surface area contributed by atoms with Gasteiger partial charge in [-0.3, -0.25) is 19.0 Å². The van der Waals surface area contributed by atoms with E-state index < -0.39 is 11.6 Å². The Kier molecular flexibility index (Phi) is 7.05. The monoisotopic (exact) mass is 490 g/mol. The summed E-state index contributed by atoms with van der Waals surface area (Å²) < 4.78 is 3.76. The van der Waals surface area contributed by atoms with Crippen molar-refractivity contribution in [1.29, 1.82) is 0 Å². The van der Waals surface area contributed by atoms with Crippen molar-refractivity contribution in [2.45, 2.75) is 59.7 Å². The van der Waals surface area contributed by atoms with Crippen molar-refractivity contribution in [3.8, 4) is 0 Å². The minimum Gasteiger partial charge on any atom is -0.350 e. The molecule has 2 aromatic carbocycles. The second-order valence-corrected chi connectivity index (χ2v) is 8.96. The highest BCUT2D eigenvalue weighted by Crippen LogP contribution is 2.15. The third-order valence-corrected chi connectivity index (χ3v) is 6.11. The van der Waals surface area contributed by atoms with Crippen LogP contribution in [0.25, 0.3) is 16.7 Å². The molecule has 1 atom stereocenters. The Bertz CT molecular complexity index is 1560. The molecule has 0 aliphatic heterocycles. The first-order chi connectivity index (χ1) is 17.2. The largest absolute Gasteiger partial charge is 0.352 e. The smallest absolute Gasteiger partial charge is 0.350 e. The highest BCUT2D eigenvalue weighted by Gasteiger charge is 2.20. The quantitative estimate of drug-likeness (QED) is 0.394. The number of hydrogen-bond donors (Lipinski definition) is 2. The maximum absolute atomic E-state index is 13.4. The molecular formula is C26H30N6O4. The average Bonchev–Trinajstić information content (AvgIpc) is 3.18. The van der Waals surface area contributed by atoms with Gasteiger partial charge in [-0.25, -0.2) is 13.9 Å². The van der Waals surface area contributed by atoms with Gasteiger partial charge in [0, 0.05) is 23.8 Å². The number of carbonyl (C=O) groups is 2. The fourth-order valence-electron chi connectivity index (χ4n) is 3.97. The summed E-state index contributed by atoms with van der Waals surface area (Å²) in [6.45, 7) is 7.75. The van der Waals surface area contributed by atoms with Crippen LogP contribution in [0.5, 0.6) is 0 Å². The number of aryl methyl sites for hydroxylation is 2. The van der Waals surface area contributed by atoms with Gasteiger partial charge in [-0.2, -0.15) is 0 Å². The normalized spacial score (nSPS) is 12.1. The Morgan fingerprint density at radius 1 is 1.06 bits per heavy atom. The van der Waals surface area contributed by atoms with Gasteiger partial charge in [0.05, 0.1) is 10.9 Å². The average molecular weight is 491 g/mol. The molecule has 0 radical (unpaired) electrons. The molecule has 10 nitrogen and oxygen atoms in total. The minimum absolute atomic E-state index is 0.0247. The molecule has 2 N–H and O–H groups in total. The Morgan fingerprint density at radius 3 is 2.44 bits per heavy atom. The summed E-state index contributed by atoms with van der Waals surface area (Å²) in [7, 11) is 0. The van der Waals surface area contributed by atoms with Gasteiger partial charge in [0.1, 0.15) is 6.54 Å². The lowest BCUT2D eigenvalue weighted by molar-refractivity contribution is -0.117. The molecule has 0 saturated carbocycles. The molecule has 2 amide bonds. The van der Waals surface area contributed by atoms with Crippen LogP contribution in [0.2, 0.25) is 0 Å². The van der Waals surface area contributed by atoms with Crippen LogP contribution in [0.3, 0.4) is 0 Å². The number of carbonyl (C=O) groups excluding carboxylic acids is 2. The number of aromatic nitrogens is 4. The van der Waals surface area contributed by atoms with Crippen LogP contribution in [-0.4, -0.2) is 36.6 Å². The summed E-state index contributed by atoms with van der Waals surface area (Å²) >= 11 is 0. The molecule has 0 aliphatic carbocycles. The van der Waals surface area contributed by atoms with Crippen LogP contribution in [0.15, 0.2) is 52.1 Å². The number of anilines is 1. The fraction of sp³-hybridized carbons (Fsp3) is 0.346. The van der Waals surface area contributed by atoms with E-state index in [9.17, 15) is 19.2 Å². The zero-order valence-electron chi connectivity index (χ0n) is 20.9. The Hall–Kier alpha value is -4.21. The highest BCUT2D eigenvalue weighted by atomic mass is 16.2. The van der Waals surface area contributed by atoms with E-state index in [2.05, 4.69) is 15.7 Å². The summed E-state index contributed by atoms with van der Waals surface area (Å²) in [5, 5.41) is 10.3. The Labute approximate surface area is 207 Å². The first kappa shape index (κ1) is 24.9. The zero-order valence-corrected chi connectivity index (χ0v) is 20.9. The molecule has 10 heteroatoms. The second kappa shape index (κ2) is 10.2. The van der Waals surface area contributed by atoms with E-state index >= 15 is 0 Å². The van der Waals surface area contributed by atoms with Gasteiger partial charge in [-0.05, 0) is 57.0 Å². The molecule has 4 rings (SSSR count). The van der Waals surface area contributed by atoms with Crippen LogP contribution in [-0.2, 0) is 17.9 Å². The van der Waals surface area contributed by atoms with E-state index in [1.165, 1.54) is 15.0 Å². The van der Waals surface area contributed by atoms with Gasteiger partial charge >= 0.3 is 5.69 Å². The number of nitrogens with one attached hydrogen (secondary N) is 2. The van der Waals surface area contributed by atoms with Gasteiger partial charge in [-0.1, -0.05) is 31.5 Å². The van der Waals surface area contributed by atoms with Crippen LogP contribution >= 0.6 is 0 Å². The highest BCUT2D eigenvalue weighted by molar-refractivity contribution is 5.98. The standard InChI is InChI=1S/C26H30N6O4/c1-5-13-30-24(35)20-12-9-18(23(34)27-17(4)6-2)14-21(20)32-25(30)29-31(26(32)36)15-22(33)28-19-10-7-16(3)8-11-19/h7-12,14,17H,5-6,13,15H2,1-4H3,(H,27,34)(H,28,33). The van der Waals surface area contributed by atoms with Crippen molar-refractivity contribution in [3.05, 3.63) is 74.4 Å². The fourth-order valence-corrected chi connectivity index (χ4v) is 3.97. The maximum Gasteiger partial charge on any atom is 0.352 e. The predicted octanol–water partition coefficient (Wildman–Crippen LogP) is 2.70. The van der Waals surface area contributed by atoms with Crippen molar-refractivity contribution >= 4 is 34.2 Å². The van der Waals surface area contributed by atoms with E-state index in [0.29, 0.717) is 29.6 Å². The molecule has 2 aromatic heterocycles. The molecule has 1 unspecified atom stereocenters. The van der Waals surface area contributed by atoms with Crippen molar-refractivity contribution in [2.75, 3.05) is 5.32 Å². The van der Waals surface area contributed by atoms with Crippen molar-refractivity contribution in [2.24, 2.45) is 0 Å². The lowest BCUT2D eigenvalue weighted by Gasteiger charge is -2.13. The number of nitrogens with zero attached hydrogens (tertiary/aromatic N) is 4. The van der Waals surface area contributed by atoms with Gasteiger partial charge in [0.2, 0.25) is 11.7 Å². The van der Waals surface area contributed by atoms with E-state index in [1.807, 2.05) is 39.8 Å². The van der Waals surface area contributed by atoms with Crippen LogP contribution in [0.1, 0.15) is 49.5 Å².